The van der Waals surface area contributed by atoms with E-state index in [0.29, 0.717) is 6.54 Å². The SMILES string of the molecule is Cc1ccccc1-c1ccnc(CCN)c1. The van der Waals surface area contributed by atoms with Gasteiger partial charge in [-0.05, 0) is 42.3 Å². The van der Waals surface area contributed by atoms with Crippen LogP contribution in [0.15, 0.2) is 42.6 Å². The van der Waals surface area contributed by atoms with Gasteiger partial charge in [-0.3, -0.25) is 4.98 Å². The maximum Gasteiger partial charge on any atom is 0.0422 e. The molecule has 1 aromatic heterocycles. The first kappa shape index (κ1) is 10.8. The number of nitrogens with zero attached hydrogens (tertiary/aromatic N) is 1. The van der Waals surface area contributed by atoms with Crippen molar-refractivity contribution in [3.8, 4) is 11.1 Å². The highest BCUT2D eigenvalue weighted by molar-refractivity contribution is 5.66. The van der Waals surface area contributed by atoms with Gasteiger partial charge in [0.25, 0.3) is 0 Å². The fraction of sp³-hybridized carbons (Fsp3) is 0.214. The van der Waals surface area contributed by atoms with E-state index in [9.17, 15) is 0 Å². The van der Waals surface area contributed by atoms with Gasteiger partial charge in [-0.15, -0.1) is 0 Å². The van der Waals surface area contributed by atoms with Gasteiger partial charge in [0.1, 0.15) is 0 Å². The summed E-state index contributed by atoms with van der Waals surface area (Å²) in [4.78, 5) is 4.30. The van der Waals surface area contributed by atoms with Crippen molar-refractivity contribution in [2.45, 2.75) is 13.3 Å². The molecule has 0 spiro atoms. The zero-order valence-electron chi connectivity index (χ0n) is 9.48. The van der Waals surface area contributed by atoms with Crippen molar-refractivity contribution < 1.29 is 0 Å². The average molecular weight is 212 g/mol. The molecule has 0 atom stereocenters. The second kappa shape index (κ2) is 4.90. The van der Waals surface area contributed by atoms with Gasteiger partial charge in [0.05, 0.1) is 0 Å². The molecule has 0 unspecified atom stereocenters. The number of aromatic nitrogens is 1. The molecule has 0 aliphatic carbocycles. The number of rotatable bonds is 3. The summed E-state index contributed by atoms with van der Waals surface area (Å²) in [6.45, 7) is 2.77. The minimum absolute atomic E-state index is 0.643. The predicted octanol–water partition coefficient (Wildman–Crippen LogP) is 2.56. The molecule has 0 saturated carbocycles. The molecule has 1 aromatic carbocycles. The van der Waals surface area contributed by atoms with Crippen LogP contribution in [0, 0.1) is 6.92 Å². The Kier molecular flexibility index (Phi) is 3.32. The lowest BCUT2D eigenvalue weighted by Gasteiger charge is -2.07. The zero-order valence-corrected chi connectivity index (χ0v) is 9.48. The molecule has 0 fully saturated rings. The van der Waals surface area contributed by atoms with Crippen molar-refractivity contribution in [3.05, 3.63) is 53.9 Å². The quantitative estimate of drug-likeness (QED) is 0.849. The minimum Gasteiger partial charge on any atom is -0.330 e. The van der Waals surface area contributed by atoms with Gasteiger partial charge in [0, 0.05) is 18.3 Å². The third-order valence-electron chi connectivity index (χ3n) is 2.67. The second-order valence-electron chi connectivity index (χ2n) is 3.89. The lowest BCUT2D eigenvalue weighted by molar-refractivity contribution is 0.924. The number of hydrogen-bond acceptors (Lipinski definition) is 2. The van der Waals surface area contributed by atoms with Crippen molar-refractivity contribution in [3.63, 3.8) is 0 Å². The summed E-state index contributed by atoms with van der Waals surface area (Å²) in [5.41, 5.74) is 10.4. The van der Waals surface area contributed by atoms with Gasteiger partial charge < -0.3 is 5.73 Å². The van der Waals surface area contributed by atoms with Crippen LogP contribution in [-0.2, 0) is 6.42 Å². The Morgan fingerprint density at radius 1 is 1.19 bits per heavy atom. The summed E-state index contributed by atoms with van der Waals surface area (Å²) in [6, 6.07) is 12.5. The van der Waals surface area contributed by atoms with Crippen LogP contribution < -0.4 is 5.73 Å². The second-order valence-corrected chi connectivity index (χ2v) is 3.89. The lowest BCUT2D eigenvalue weighted by atomic mass is 10.0. The van der Waals surface area contributed by atoms with Crippen LogP contribution in [0.1, 0.15) is 11.3 Å². The summed E-state index contributed by atoms with van der Waals surface area (Å²) >= 11 is 0. The van der Waals surface area contributed by atoms with Crippen molar-refractivity contribution in [1.82, 2.24) is 4.98 Å². The average Bonchev–Trinajstić information content (AvgIpc) is 2.30. The Balaban J connectivity index is 2.40. The summed E-state index contributed by atoms with van der Waals surface area (Å²) in [5, 5.41) is 0. The fourth-order valence-corrected chi connectivity index (χ4v) is 1.83. The number of benzene rings is 1. The molecule has 1 heterocycles. The Hall–Kier alpha value is -1.67. The van der Waals surface area contributed by atoms with Crippen LogP contribution in [0.4, 0.5) is 0 Å². The van der Waals surface area contributed by atoms with E-state index in [2.05, 4.69) is 42.2 Å². The molecule has 2 N–H and O–H groups in total. The van der Waals surface area contributed by atoms with Gasteiger partial charge in [0.2, 0.25) is 0 Å². The van der Waals surface area contributed by atoms with Gasteiger partial charge in [-0.1, -0.05) is 24.3 Å². The van der Waals surface area contributed by atoms with E-state index in [0.717, 1.165) is 12.1 Å². The van der Waals surface area contributed by atoms with E-state index in [1.165, 1.54) is 16.7 Å². The highest BCUT2D eigenvalue weighted by Crippen LogP contribution is 2.22. The molecule has 0 saturated heterocycles. The van der Waals surface area contributed by atoms with Crippen LogP contribution in [0.2, 0.25) is 0 Å². The largest absolute Gasteiger partial charge is 0.330 e. The van der Waals surface area contributed by atoms with Gasteiger partial charge in [0.15, 0.2) is 0 Å². The van der Waals surface area contributed by atoms with Crippen LogP contribution in [0.5, 0.6) is 0 Å². The van der Waals surface area contributed by atoms with E-state index in [4.69, 9.17) is 5.73 Å². The Morgan fingerprint density at radius 2 is 2.00 bits per heavy atom. The van der Waals surface area contributed by atoms with Crippen LogP contribution in [0.3, 0.4) is 0 Å². The molecule has 0 amide bonds. The Bertz CT molecular complexity index is 478. The molecule has 0 radical (unpaired) electrons. The predicted molar refractivity (Wildman–Crippen MR) is 67.2 cm³/mol. The van der Waals surface area contributed by atoms with E-state index >= 15 is 0 Å². The topological polar surface area (TPSA) is 38.9 Å². The van der Waals surface area contributed by atoms with Crippen LogP contribution in [-0.4, -0.2) is 11.5 Å². The molecule has 2 nitrogen and oxygen atoms in total. The Morgan fingerprint density at radius 3 is 2.75 bits per heavy atom. The smallest absolute Gasteiger partial charge is 0.0422 e. The Labute approximate surface area is 96.1 Å². The first-order valence-electron chi connectivity index (χ1n) is 5.52. The lowest BCUT2D eigenvalue weighted by Crippen LogP contribution is -2.04. The van der Waals surface area contributed by atoms with Gasteiger partial charge in [-0.25, -0.2) is 0 Å². The monoisotopic (exact) mass is 212 g/mol. The maximum atomic E-state index is 5.54. The molecule has 0 aliphatic heterocycles. The number of pyridine rings is 1. The van der Waals surface area contributed by atoms with Crippen molar-refractivity contribution in [2.75, 3.05) is 6.54 Å². The molecule has 0 aliphatic rings. The normalized spacial score (nSPS) is 10.4. The van der Waals surface area contributed by atoms with Crippen LogP contribution >= 0.6 is 0 Å². The van der Waals surface area contributed by atoms with Crippen molar-refractivity contribution >= 4 is 0 Å². The first-order valence-corrected chi connectivity index (χ1v) is 5.52. The molecular formula is C14H16N2. The highest BCUT2D eigenvalue weighted by atomic mass is 14.7. The van der Waals surface area contributed by atoms with Crippen LogP contribution in [0.25, 0.3) is 11.1 Å². The van der Waals surface area contributed by atoms with Gasteiger partial charge >= 0.3 is 0 Å². The molecule has 2 rings (SSSR count). The highest BCUT2D eigenvalue weighted by Gasteiger charge is 2.02. The molecule has 2 aromatic rings. The standard InChI is InChI=1S/C14H16N2/c1-11-4-2-3-5-14(11)12-7-9-16-13(10-12)6-8-15/h2-5,7,9-10H,6,8,15H2,1H3. The number of nitrogens with two attached hydrogens (primary N) is 1. The molecule has 0 bridgehead atoms. The summed E-state index contributed by atoms with van der Waals surface area (Å²) < 4.78 is 0. The fourth-order valence-electron chi connectivity index (χ4n) is 1.83. The summed E-state index contributed by atoms with van der Waals surface area (Å²) in [5.74, 6) is 0. The number of hydrogen-bond donors (Lipinski definition) is 1. The third kappa shape index (κ3) is 2.28. The number of aryl methyl sites for hydroxylation is 1. The maximum absolute atomic E-state index is 5.54. The molecular weight excluding hydrogens is 196 g/mol. The summed E-state index contributed by atoms with van der Waals surface area (Å²) in [6.07, 6.45) is 2.69. The van der Waals surface area contributed by atoms with E-state index in [-0.39, 0.29) is 0 Å². The molecule has 82 valence electrons. The summed E-state index contributed by atoms with van der Waals surface area (Å²) in [7, 11) is 0. The van der Waals surface area contributed by atoms with E-state index < -0.39 is 0 Å². The third-order valence-corrected chi connectivity index (χ3v) is 2.67. The minimum atomic E-state index is 0.643. The van der Waals surface area contributed by atoms with E-state index in [1.54, 1.807) is 0 Å². The zero-order chi connectivity index (χ0) is 11.4. The molecule has 16 heavy (non-hydrogen) atoms. The van der Waals surface area contributed by atoms with E-state index in [1.807, 2.05) is 12.3 Å². The van der Waals surface area contributed by atoms with Crippen molar-refractivity contribution in [1.29, 1.82) is 0 Å². The first-order chi connectivity index (χ1) is 7.81. The van der Waals surface area contributed by atoms with Gasteiger partial charge in [-0.2, -0.15) is 0 Å². The van der Waals surface area contributed by atoms with Crippen molar-refractivity contribution in [2.24, 2.45) is 5.73 Å². The molecule has 2 heteroatoms.